The normalized spacial score (nSPS) is 36.8. The average Bonchev–Trinajstić information content (AvgIpc) is 3.20. The highest BCUT2D eigenvalue weighted by Crippen LogP contribution is 2.53. The number of rotatable bonds is 6. The van der Waals surface area contributed by atoms with E-state index >= 15 is 0 Å². The fourth-order valence-corrected chi connectivity index (χ4v) is 5.38. The first-order chi connectivity index (χ1) is 17.1. The van der Waals surface area contributed by atoms with Crippen molar-refractivity contribution in [2.45, 2.75) is 96.1 Å². The first-order valence-corrected chi connectivity index (χ1v) is 11.8. The Morgan fingerprint density at radius 3 is 2.24 bits per heavy atom. The van der Waals surface area contributed by atoms with Gasteiger partial charge in [-0.1, -0.05) is 11.6 Å². The third-order valence-corrected chi connectivity index (χ3v) is 6.92. The molecule has 2 N–H and O–H groups in total. The number of aliphatic hydroxyl groups is 2. The van der Waals surface area contributed by atoms with Crippen molar-refractivity contribution in [1.29, 1.82) is 0 Å². The van der Waals surface area contributed by atoms with Crippen LogP contribution in [0, 0.1) is 5.92 Å². The van der Waals surface area contributed by atoms with Crippen LogP contribution < -0.4 is 0 Å². The Balaban J connectivity index is 2.19. The second-order valence-corrected chi connectivity index (χ2v) is 9.80. The molecule has 1 saturated heterocycles. The SMILES string of the molecule is C/C=C(/C)CC(=O)OC1C=C2C(C1OC(C)=O)C(C)(OC(C)=O)CC(OC(C)=O)C1(O)C(O)C(=O)OC21. The summed E-state index contributed by atoms with van der Waals surface area (Å²) in [5.41, 5.74) is -3.31. The lowest BCUT2D eigenvalue weighted by molar-refractivity contribution is -0.196. The molecule has 0 amide bonds. The van der Waals surface area contributed by atoms with Gasteiger partial charge in [0.05, 0.1) is 12.3 Å². The highest BCUT2D eigenvalue weighted by molar-refractivity contribution is 5.81. The minimum atomic E-state index is -2.48. The van der Waals surface area contributed by atoms with Crippen molar-refractivity contribution in [2.75, 3.05) is 0 Å². The third-order valence-electron chi connectivity index (χ3n) is 6.92. The van der Waals surface area contributed by atoms with Crippen LogP contribution >= 0.6 is 0 Å². The Morgan fingerprint density at radius 1 is 1.08 bits per heavy atom. The molecule has 204 valence electrons. The highest BCUT2D eigenvalue weighted by Gasteiger charge is 2.71. The standard InChI is InChI=1S/C25H32O12/c1-7-11(2)8-18(29)35-16-9-15-19(20(16)34-13(4)27)24(6,37-14(5)28)10-17(33-12(3)26)25(32)21(30)23(31)36-22(15)25/h7,9,16-17,19-22,30,32H,8,10H2,1-6H3/b11-7-. The second kappa shape index (κ2) is 10.3. The fraction of sp³-hybridized carbons (Fsp3) is 0.640. The van der Waals surface area contributed by atoms with Crippen LogP contribution in [0.3, 0.4) is 0 Å². The van der Waals surface area contributed by atoms with Crippen molar-refractivity contribution in [3.63, 3.8) is 0 Å². The van der Waals surface area contributed by atoms with E-state index in [9.17, 15) is 34.2 Å². The van der Waals surface area contributed by atoms with E-state index in [2.05, 4.69) is 0 Å². The van der Waals surface area contributed by atoms with Crippen molar-refractivity contribution < 1.29 is 57.9 Å². The Morgan fingerprint density at radius 2 is 1.70 bits per heavy atom. The van der Waals surface area contributed by atoms with Crippen molar-refractivity contribution in [2.24, 2.45) is 5.92 Å². The molecule has 8 atom stereocenters. The number of allylic oxidation sites excluding steroid dienone is 1. The molecule has 0 aromatic rings. The maximum Gasteiger partial charge on any atom is 0.339 e. The molecular weight excluding hydrogens is 492 g/mol. The Kier molecular flexibility index (Phi) is 7.85. The summed E-state index contributed by atoms with van der Waals surface area (Å²) in [6, 6.07) is 0. The summed E-state index contributed by atoms with van der Waals surface area (Å²) in [7, 11) is 0. The maximum absolute atomic E-state index is 12.6. The van der Waals surface area contributed by atoms with Crippen LogP contribution in [-0.2, 0) is 47.7 Å². The minimum absolute atomic E-state index is 0.0512. The van der Waals surface area contributed by atoms with E-state index in [1.165, 1.54) is 13.0 Å². The summed E-state index contributed by atoms with van der Waals surface area (Å²) in [5.74, 6) is -5.25. The van der Waals surface area contributed by atoms with Gasteiger partial charge in [-0.15, -0.1) is 0 Å². The fourth-order valence-electron chi connectivity index (χ4n) is 5.38. The molecule has 1 heterocycles. The summed E-state index contributed by atoms with van der Waals surface area (Å²) >= 11 is 0. The zero-order valence-electron chi connectivity index (χ0n) is 21.5. The van der Waals surface area contributed by atoms with Crippen LogP contribution in [0.1, 0.15) is 54.4 Å². The van der Waals surface area contributed by atoms with Gasteiger partial charge in [0, 0.05) is 27.2 Å². The molecule has 12 nitrogen and oxygen atoms in total. The molecule has 37 heavy (non-hydrogen) atoms. The lowest BCUT2D eigenvalue weighted by Crippen LogP contribution is -2.58. The minimum Gasteiger partial charge on any atom is -0.459 e. The summed E-state index contributed by atoms with van der Waals surface area (Å²) < 4.78 is 27.5. The number of hydrogen-bond donors (Lipinski definition) is 2. The van der Waals surface area contributed by atoms with Crippen LogP contribution in [0.2, 0.25) is 0 Å². The van der Waals surface area contributed by atoms with Crippen LogP contribution in [0.5, 0.6) is 0 Å². The largest absolute Gasteiger partial charge is 0.459 e. The lowest BCUT2D eigenvalue weighted by Gasteiger charge is -2.40. The second-order valence-electron chi connectivity index (χ2n) is 9.80. The summed E-state index contributed by atoms with van der Waals surface area (Å²) in [6.45, 7) is 8.29. The molecule has 0 radical (unpaired) electrons. The first-order valence-electron chi connectivity index (χ1n) is 11.8. The van der Waals surface area contributed by atoms with Crippen LogP contribution in [0.15, 0.2) is 23.3 Å². The van der Waals surface area contributed by atoms with Crippen molar-refractivity contribution >= 4 is 29.8 Å². The highest BCUT2D eigenvalue weighted by atomic mass is 16.6. The van der Waals surface area contributed by atoms with Gasteiger partial charge in [0.1, 0.15) is 11.7 Å². The molecule has 0 aromatic carbocycles. The maximum atomic E-state index is 12.6. The van der Waals surface area contributed by atoms with E-state index in [1.807, 2.05) is 0 Å². The number of carbonyl (C=O) groups is 5. The smallest absolute Gasteiger partial charge is 0.339 e. The van der Waals surface area contributed by atoms with Gasteiger partial charge in [-0.25, -0.2) is 4.79 Å². The first kappa shape index (κ1) is 28.3. The molecule has 2 fully saturated rings. The van der Waals surface area contributed by atoms with Crippen LogP contribution in [0.25, 0.3) is 0 Å². The lowest BCUT2D eigenvalue weighted by atomic mass is 9.79. The van der Waals surface area contributed by atoms with Gasteiger partial charge < -0.3 is 33.9 Å². The molecule has 0 aromatic heterocycles. The predicted octanol–water partition coefficient (Wildman–Crippen LogP) is 0.417. The van der Waals surface area contributed by atoms with E-state index in [1.54, 1.807) is 19.9 Å². The van der Waals surface area contributed by atoms with E-state index in [0.29, 0.717) is 0 Å². The summed E-state index contributed by atoms with van der Waals surface area (Å²) in [4.78, 5) is 61.3. The zero-order valence-corrected chi connectivity index (χ0v) is 21.5. The third kappa shape index (κ3) is 5.26. The van der Waals surface area contributed by atoms with Gasteiger partial charge in [0.2, 0.25) is 0 Å². The van der Waals surface area contributed by atoms with Gasteiger partial charge in [0.15, 0.2) is 30.0 Å². The molecule has 1 aliphatic heterocycles. The van der Waals surface area contributed by atoms with Crippen molar-refractivity contribution in [3.8, 4) is 0 Å². The molecule has 0 spiro atoms. The number of hydrogen-bond acceptors (Lipinski definition) is 12. The topological polar surface area (TPSA) is 172 Å². The number of fused-ring (bicyclic) bond motifs is 3. The molecule has 2 aliphatic carbocycles. The van der Waals surface area contributed by atoms with Crippen LogP contribution in [0.4, 0.5) is 0 Å². The quantitative estimate of drug-likeness (QED) is 0.279. The van der Waals surface area contributed by atoms with Gasteiger partial charge in [-0.2, -0.15) is 0 Å². The number of esters is 5. The molecule has 0 bridgehead atoms. The Bertz CT molecular complexity index is 1060. The van der Waals surface area contributed by atoms with E-state index in [4.69, 9.17) is 23.7 Å². The van der Waals surface area contributed by atoms with Gasteiger partial charge in [-0.3, -0.25) is 19.2 Å². The number of carbonyl (C=O) groups excluding carboxylic acids is 5. The van der Waals surface area contributed by atoms with Crippen molar-refractivity contribution in [1.82, 2.24) is 0 Å². The van der Waals surface area contributed by atoms with Gasteiger partial charge in [0.25, 0.3) is 0 Å². The summed E-state index contributed by atoms with van der Waals surface area (Å²) in [6.07, 6.45) is -5.13. The molecular formula is C25H32O12. The Labute approximate surface area is 213 Å². The van der Waals surface area contributed by atoms with E-state index in [0.717, 1.165) is 26.3 Å². The van der Waals surface area contributed by atoms with Crippen LogP contribution in [-0.4, -0.2) is 81.8 Å². The molecule has 8 unspecified atom stereocenters. The predicted molar refractivity (Wildman–Crippen MR) is 122 cm³/mol. The Hall–Kier alpha value is -3.25. The van der Waals surface area contributed by atoms with E-state index < -0.39 is 83.9 Å². The zero-order chi connectivity index (χ0) is 27.9. The molecule has 3 aliphatic rings. The van der Waals surface area contributed by atoms with Gasteiger partial charge in [-0.05, 0) is 32.4 Å². The molecule has 3 rings (SSSR count). The molecule has 12 heteroatoms. The number of aliphatic hydroxyl groups excluding tert-OH is 1. The average molecular weight is 525 g/mol. The summed E-state index contributed by atoms with van der Waals surface area (Å²) in [5, 5.41) is 22.3. The number of ether oxygens (including phenoxy) is 5. The monoisotopic (exact) mass is 524 g/mol. The van der Waals surface area contributed by atoms with Crippen molar-refractivity contribution in [3.05, 3.63) is 23.3 Å². The van der Waals surface area contributed by atoms with E-state index in [-0.39, 0.29) is 12.0 Å². The van der Waals surface area contributed by atoms with Gasteiger partial charge >= 0.3 is 29.8 Å². The molecule has 1 saturated carbocycles.